The van der Waals surface area contributed by atoms with Gasteiger partial charge in [-0.15, -0.1) is 0 Å². The third-order valence-corrected chi connectivity index (χ3v) is 5.24. The minimum Gasteiger partial charge on any atom is -0.465 e. The highest BCUT2D eigenvalue weighted by Gasteiger charge is 2.33. The van der Waals surface area contributed by atoms with E-state index in [-0.39, 0.29) is 11.5 Å². The van der Waals surface area contributed by atoms with Gasteiger partial charge in [0.2, 0.25) is 10.0 Å². The van der Waals surface area contributed by atoms with Crippen LogP contribution in [0.15, 0.2) is 9.31 Å². The van der Waals surface area contributed by atoms with E-state index in [0.29, 0.717) is 30.2 Å². The Hall–Kier alpha value is -0.850. The molecule has 1 saturated heterocycles. The zero-order valence-corrected chi connectivity index (χ0v) is 10.9. The van der Waals surface area contributed by atoms with Gasteiger partial charge in [-0.2, -0.15) is 4.31 Å². The molecule has 0 aliphatic carbocycles. The molecule has 1 aliphatic rings. The molecule has 0 saturated carbocycles. The molecule has 2 rings (SSSR count). The number of aryl methyl sites for hydroxylation is 2. The van der Waals surface area contributed by atoms with Crippen LogP contribution >= 0.6 is 0 Å². The van der Waals surface area contributed by atoms with Gasteiger partial charge in [0, 0.05) is 18.7 Å². The fourth-order valence-electron chi connectivity index (χ4n) is 2.29. The highest BCUT2D eigenvalue weighted by molar-refractivity contribution is 7.89. The van der Waals surface area contributed by atoms with E-state index in [1.165, 1.54) is 4.31 Å². The summed E-state index contributed by atoms with van der Waals surface area (Å²) in [7, 11) is -3.51. The van der Waals surface area contributed by atoms with Gasteiger partial charge in [-0.25, -0.2) is 8.42 Å². The Kier molecular flexibility index (Phi) is 3.29. The summed E-state index contributed by atoms with van der Waals surface area (Å²) in [4.78, 5) is 0.152. The third-order valence-electron chi connectivity index (χ3n) is 3.15. The van der Waals surface area contributed by atoms with E-state index in [2.05, 4.69) is 0 Å². The zero-order valence-electron chi connectivity index (χ0n) is 10.1. The number of aliphatic hydroxyl groups is 1. The van der Waals surface area contributed by atoms with Crippen LogP contribution in [0.3, 0.4) is 0 Å². The maximum absolute atomic E-state index is 12.4. The minimum absolute atomic E-state index is 0.152. The van der Waals surface area contributed by atoms with Gasteiger partial charge in [0.05, 0.1) is 6.61 Å². The van der Waals surface area contributed by atoms with Crippen molar-refractivity contribution in [3.05, 3.63) is 17.1 Å². The molecule has 6 heteroatoms. The van der Waals surface area contributed by atoms with Gasteiger partial charge in [-0.3, -0.25) is 0 Å². The highest BCUT2D eigenvalue weighted by atomic mass is 32.2. The summed E-state index contributed by atoms with van der Waals surface area (Å²) >= 11 is 0. The normalized spacial score (nSPS) is 17.8. The number of hydrogen-bond donors (Lipinski definition) is 1. The van der Waals surface area contributed by atoms with Crippen molar-refractivity contribution in [3.63, 3.8) is 0 Å². The molecule has 1 aromatic heterocycles. The van der Waals surface area contributed by atoms with Gasteiger partial charge in [-0.1, -0.05) is 0 Å². The maximum atomic E-state index is 12.4. The number of hydrogen-bond acceptors (Lipinski definition) is 4. The van der Waals surface area contributed by atoms with Crippen LogP contribution in [-0.4, -0.2) is 30.9 Å². The Bertz CT molecular complexity index is 512. The predicted octanol–water partition coefficient (Wildman–Crippen LogP) is 1.17. The van der Waals surface area contributed by atoms with Crippen LogP contribution in [0.5, 0.6) is 0 Å². The van der Waals surface area contributed by atoms with Crippen LogP contribution in [0.2, 0.25) is 0 Å². The van der Waals surface area contributed by atoms with Crippen molar-refractivity contribution < 1.29 is 17.9 Å². The van der Waals surface area contributed by atoms with Gasteiger partial charge >= 0.3 is 0 Å². The van der Waals surface area contributed by atoms with Crippen LogP contribution in [-0.2, 0) is 16.6 Å². The average molecular weight is 259 g/mol. The molecule has 96 valence electrons. The molecule has 1 aliphatic heterocycles. The van der Waals surface area contributed by atoms with Crippen molar-refractivity contribution in [1.29, 1.82) is 0 Å². The van der Waals surface area contributed by atoms with Crippen molar-refractivity contribution in [3.8, 4) is 0 Å². The second-order valence-electron chi connectivity index (χ2n) is 4.29. The number of aliphatic hydroxyl groups excluding tert-OH is 1. The van der Waals surface area contributed by atoms with Crippen LogP contribution in [0, 0.1) is 13.8 Å². The topological polar surface area (TPSA) is 70.8 Å². The Morgan fingerprint density at radius 1 is 1.24 bits per heavy atom. The molecule has 0 radical (unpaired) electrons. The Labute approximate surface area is 101 Å². The first-order valence-electron chi connectivity index (χ1n) is 5.68. The van der Waals surface area contributed by atoms with Gasteiger partial charge in [0.1, 0.15) is 16.4 Å². The number of nitrogens with zero attached hydrogens (tertiary/aromatic N) is 1. The van der Waals surface area contributed by atoms with Crippen molar-refractivity contribution in [1.82, 2.24) is 4.31 Å². The van der Waals surface area contributed by atoms with Crippen LogP contribution in [0.25, 0.3) is 0 Å². The first-order chi connectivity index (χ1) is 7.98. The molecule has 5 nitrogen and oxygen atoms in total. The van der Waals surface area contributed by atoms with Crippen LogP contribution in [0.4, 0.5) is 0 Å². The number of furan rings is 1. The van der Waals surface area contributed by atoms with Gasteiger partial charge < -0.3 is 9.52 Å². The molecule has 1 N–H and O–H groups in total. The molecular formula is C11H17NO4S. The Morgan fingerprint density at radius 2 is 1.82 bits per heavy atom. The predicted molar refractivity (Wildman–Crippen MR) is 62.1 cm³/mol. The summed E-state index contributed by atoms with van der Waals surface area (Å²) in [5.41, 5.74) is 0.384. The lowest BCUT2D eigenvalue weighted by molar-refractivity contribution is 0.276. The van der Waals surface area contributed by atoms with Gasteiger partial charge in [0.25, 0.3) is 0 Å². The van der Waals surface area contributed by atoms with E-state index < -0.39 is 10.0 Å². The third kappa shape index (κ3) is 2.00. The molecular weight excluding hydrogens is 242 g/mol. The summed E-state index contributed by atoms with van der Waals surface area (Å²) in [6.45, 7) is 4.08. The first-order valence-corrected chi connectivity index (χ1v) is 7.12. The molecule has 0 spiro atoms. The largest absolute Gasteiger partial charge is 0.465 e. The molecule has 2 heterocycles. The van der Waals surface area contributed by atoms with E-state index >= 15 is 0 Å². The molecule has 0 amide bonds. The summed E-state index contributed by atoms with van der Waals surface area (Å²) in [5.74, 6) is 0.834. The van der Waals surface area contributed by atoms with Gasteiger partial charge in [0.15, 0.2) is 0 Å². The second kappa shape index (κ2) is 4.44. The number of rotatable bonds is 3. The van der Waals surface area contributed by atoms with E-state index in [1.807, 2.05) is 0 Å². The van der Waals surface area contributed by atoms with Crippen molar-refractivity contribution in [2.75, 3.05) is 13.1 Å². The van der Waals surface area contributed by atoms with Crippen molar-refractivity contribution in [2.45, 2.75) is 38.2 Å². The molecule has 0 atom stereocenters. The van der Waals surface area contributed by atoms with Gasteiger partial charge in [-0.05, 0) is 26.7 Å². The highest BCUT2D eigenvalue weighted by Crippen LogP contribution is 2.30. The monoisotopic (exact) mass is 259 g/mol. The summed E-state index contributed by atoms with van der Waals surface area (Å²) < 4.78 is 31.6. The second-order valence-corrected chi connectivity index (χ2v) is 6.17. The van der Waals surface area contributed by atoms with Crippen LogP contribution in [0.1, 0.15) is 29.9 Å². The van der Waals surface area contributed by atoms with E-state index in [0.717, 1.165) is 12.8 Å². The Balaban J connectivity index is 2.52. The summed E-state index contributed by atoms with van der Waals surface area (Å²) in [6.07, 6.45) is 1.78. The summed E-state index contributed by atoms with van der Waals surface area (Å²) in [6, 6.07) is 0. The first kappa shape index (κ1) is 12.6. The standard InChI is InChI=1S/C11H17NO4S/c1-8-10(7-13)11(9(2)16-8)17(14,15)12-5-3-4-6-12/h13H,3-7H2,1-2H3. The van der Waals surface area contributed by atoms with Crippen molar-refractivity contribution in [2.24, 2.45) is 0 Å². The molecule has 17 heavy (non-hydrogen) atoms. The molecule has 0 aromatic carbocycles. The molecule has 0 bridgehead atoms. The van der Waals surface area contributed by atoms with E-state index in [1.54, 1.807) is 13.8 Å². The fourth-order valence-corrected chi connectivity index (χ4v) is 4.21. The molecule has 0 unspecified atom stereocenters. The lowest BCUT2D eigenvalue weighted by Gasteiger charge is -2.15. The van der Waals surface area contributed by atoms with Crippen LogP contribution < -0.4 is 0 Å². The maximum Gasteiger partial charge on any atom is 0.246 e. The Morgan fingerprint density at radius 3 is 2.35 bits per heavy atom. The van der Waals surface area contributed by atoms with Crippen molar-refractivity contribution >= 4 is 10.0 Å². The molecule has 1 fully saturated rings. The zero-order chi connectivity index (χ0) is 12.6. The number of sulfonamides is 1. The molecule has 1 aromatic rings. The summed E-state index contributed by atoms with van der Waals surface area (Å²) in [5, 5.41) is 9.28. The smallest absolute Gasteiger partial charge is 0.246 e. The van der Waals surface area contributed by atoms with E-state index in [4.69, 9.17) is 4.42 Å². The lowest BCUT2D eigenvalue weighted by atomic mass is 10.2. The fraction of sp³-hybridized carbons (Fsp3) is 0.636. The average Bonchev–Trinajstić information content (AvgIpc) is 2.85. The minimum atomic E-state index is -3.51. The lowest BCUT2D eigenvalue weighted by Crippen LogP contribution is -2.28. The SMILES string of the molecule is Cc1oc(C)c(S(=O)(=O)N2CCCC2)c1CO. The van der Waals surface area contributed by atoms with E-state index in [9.17, 15) is 13.5 Å². The quantitative estimate of drug-likeness (QED) is 0.884.